The van der Waals surface area contributed by atoms with Crippen LogP contribution in [0.2, 0.25) is 0 Å². The van der Waals surface area contributed by atoms with Crippen LogP contribution in [0.1, 0.15) is 28.8 Å². The van der Waals surface area contributed by atoms with Gasteiger partial charge in [-0.25, -0.2) is 9.97 Å². The van der Waals surface area contributed by atoms with E-state index in [9.17, 15) is 0 Å². The van der Waals surface area contributed by atoms with Crippen LogP contribution in [-0.2, 0) is 12.8 Å². The molecule has 0 spiro atoms. The molecule has 0 unspecified atom stereocenters. The zero-order valence-corrected chi connectivity index (χ0v) is 14.8. The molecular formula is C19H16N6S. The molecule has 0 bridgehead atoms. The third-order valence-corrected chi connectivity index (χ3v) is 5.83. The van der Waals surface area contributed by atoms with E-state index in [1.165, 1.54) is 23.3 Å². The zero-order chi connectivity index (χ0) is 17.3. The second kappa shape index (κ2) is 6.42. The third-order valence-electron chi connectivity index (χ3n) is 4.63. The lowest BCUT2D eigenvalue weighted by Gasteiger charge is -2.11. The van der Waals surface area contributed by atoms with E-state index in [1.807, 2.05) is 18.2 Å². The second-order valence-corrected chi connectivity index (χ2v) is 7.37. The lowest BCUT2D eigenvalue weighted by molar-refractivity contribution is 0.700. The van der Waals surface area contributed by atoms with Gasteiger partial charge in [-0.2, -0.15) is 5.10 Å². The summed E-state index contributed by atoms with van der Waals surface area (Å²) in [7, 11) is 0. The minimum Gasteiger partial charge on any atom is -0.261 e. The molecule has 3 aromatic heterocycles. The highest BCUT2D eigenvalue weighted by Crippen LogP contribution is 2.38. The number of nitrogens with zero attached hydrogens (tertiary/aromatic N) is 5. The van der Waals surface area contributed by atoms with Crippen LogP contribution in [0.3, 0.4) is 0 Å². The van der Waals surface area contributed by atoms with Gasteiger partial charge in [0.2, 0.25) is 0 Å². The Morgan fingerprint density at radius 3 is 2.85 bits per heavy atom. The van der Waals surface area contributed by atoms with Gasteiger partial charge in [0.25, 0.3) is 0 Å². The SMILES string of the molecule is C(=N\Nc1ncnc2sc3c(c12)CCCC3)/c1ccc2nccnc2c1. The maximum atomic E-state index is 4.45. The molecule has 5 rings (SSSR count). The predicted molar refractivity (Wildman–Crippen MR) is 105 cm³/mol. The van der Waals surface area contributed by atoms with Crippen molar-refractivity contribution in [2.24, 2.45) is 5.10 Å². The van der Waals surface area contributed by atoms with Crippen molar-refractivity contribution in [1.82, 2.24) is 19.9 Å². The Bertz CT molecular complexity index is 1130. The Morgan fingerprint density at radius 1 is 1.00 bits per heavy atom. The predicted octanol–water partition coefficient (Wildman–Crippen LogP) is 3.96. The number of benzene rings is 1. The van der Waals surface area contributed by atoms with E-state index in [0.717, 1.165) is 45.5 Å². The van der Waals surface area contributed by atoms with Gasteiger partial charge in [-0.3, -0.25) is 15.4 Å². The molecule has 1 N–H and O–H groups in total. The Hall–Kier alpha value is -2.93. The van der Waals surface area contributed by atoms with E-state index in [-0.39, 0.29) is 0 Å². The fourth-order valence-electron chi connectivity index (χ4n) is 3.40. The molecule has 1 aliphatic carbocycles. The van der Waals surface area contributed by atoms with Crippen LogP contribution in [-0.4, -0.2) is 26.2 Å². The van der Waals surface area contributed by atoms with Gasteiger partial charge in [0.1, 0.15) is 11.2 Å². The highest BCUT2D eigenvalue weighted by molar-refractivity contribution is 7.19. The van der Waals surface area contributed by atoms with Gasteiger partial charge >= 0.3 is 0 Å². The Kier molecular flexibility index (Phi) is 3.79. The maximum absolute atomic E-state index is 4.45. The van der Waals surface area contributed by atoms with Crippen molar-refractivity contribution in [3.05, 3.63) is 52.9 Å². The molecule has 6 nitrogen and oxygen atoms in total. The van der Waals surface area contributed by atoms with Gasteiger partial charge in [0, 0.05) is 17.3 Å². The number of fused-ring (bicyclic) bond motifs is 4. The summed E-state index contributed by atoms with van der Waals surface area (Å²) in [5.74, 6) is 0.784. The standard InChI is InChI=1S/C19H16N6S/c1-2-4-16-13(3-1)17-18(22-11-23-19(17)26-16)25-24-10-12-5-6-14-15(9-12)21-8-7-20-14/h5-11H,1-4H2,(H,22,23,25)/b24-10+. The first-order chi connectivity index (χ1) is 12.9. The molecule has 0 amide bonds. The van der Waals surface area contributed by atoms with E-state index < -0.39 is 0 Å². The molecule has 0 aliphatic heterocycles. The van der Waals surface area contributed by atoms with E-state index in [0.29, 0.717) is 0 Å². The second-order valence-electron chi connectivity index (χ2n) is 6.29. The maximum Gasteiger partial charge on any atom is 0.158 e. The number of aryl methyl sites for hydroxylation is 2. The fourth-order valence-corrected chi connectivity index (χ4v) is 4.63. The topological polar surface area (TPSA) is 76.0 Å². The average Bonchev–Trinajstić information content (AvgIpc) is 3.07. The molecule has 4 aromatic rings. The lowest BCUT2D eigenvalue weighted by atomic mass is 9.97. The van der Waals surface area contributed by atoms with Gasteiger partial charge in [0.15, 0.2) is 5.82 Å². The normalized spacial score (nSPS) is 14.2. The number of rotatable bonds is 3. The van der Waals surface area contributed by atoms with Crippen molar-refractivity contribution in [3.8, 4) is 0 Å². The number of hydrazone groups is 1. The summed E-state index contributed by atoms with van der Waals surface area (Å²) in [5, 5.41) is 5.52. The van der Waals surface area contributed by atoms with Crippen molar-refractivity contribution in [1.29, 1.82) is 0 Å². The summed E-state index contributed by atoms with van der Waals surface area (Å²) in [6.07, 6.45) is 11.5. The number of thiophene rings is 1. The molecule has 7 heteroatoms. The van der Waals surface area contributed by atoms with Crippen LogP contribution >= 0.6 is 11.3 Å². The third kappa shape index (κ3) is 2.70. The summed E-state index contributed by atoms with van der Waals surface area (Å²) >= 11 is 1.79. The summed E-state index contributed by atoms with van der Waals surface area (Å²) in [6, 6.07) is 5.89. The number of hydrogen-bond acceptors (Lipinski definition) is 7. The summed E-state index contributed by atoms with van der Waals surface area (Å²) in [5.41, 5.74) is 7.20. The van der Waals surface area contributed by atoms with Gasteiger partial charge in [-0.1, -0.05) is 6.07 Å². The highest BCUT2D eigenvalue weighted by Gasteiger charge is 2.19. The lowest BCUT2D eigenvalue weighted by Crippen LogP contribution is -2.01. The van der Waals surface area contributed by atoms with Crippen molar-refractivity contribution in [2.45, 2.75) is 25.7 Å². The summed E-state index contributed by atoms with van der Waals surface area (Å²) in [6.45, 7) is 0. The quantitative estimate of drug-likeness (QED) is 0.442. The van der Waals surface area contributed by atoms with E-state index in [4.69, 9.17) is 0 Å². The largest absolute Gasteiger partial charge is 0.261 e. The Balaban J connectivity index is 1.45. The first kappa shape index (κ1) is 15.3. The van der Waals surface area contributed by atoms with Gasteiger partial charge < -0.3 is 0 Å². The van der Waals surface area contributed by atoms with Crippen molar-refractivity contribution >= 4 is 44.6 Å². The van der Waals surface area contributed by atoms with E-state index in [2.05, 4.69) is 30.5 Å². The van der Waals surface area contributed by atoms with Crippen LogP contribution in [0.25, 0.3) is 21.3 Å². The molecule has 0 saturated carbocycles. The molecule has 0 atom stereocenters. The number of aromatic nitrogens is 4. The van der Waals surface area contributed by atoms with Crippen LogP contribution in [0.4, 0.5) is 5.82 Å². The van der Waals surface area contributed by atoms with Gasteiger partial charge in [0.05, 0.1) is 22.6 Å². The number of nitrogens with one attached hydrogen (secondary N) is 1. The van der Waals surface area contributed by atoms with Crippen molar-refractivity contribution in [3.63, 3.8) is 0 Å². The molecule has 0 radical (unpaired) electrons. The molecule has 0 fully saturated rings. The zero-order valence-electron chi connectivity index (χ0n) is 14.0. The Labute approximate surface area is 154 Å². The van der Waals surface area contributed by atoms with Crippen LogP contribution in [0.15, 0.2) is 42.0 Å². The van der Waals surface area contributed by atoms with Crippen LogP contribution < -0.4 is 5.43 Å². The molecule has 26 heavy (non-hydrogen) atoms. The van der Waals surface area contributed by atoms with Crippen LogP contribution in [0, 0.1) is 0 Å². The smallest absolute Gasteiger partial charge is 0.158 e. The minimum atomic E-state index is 0.784. The highest BCUT2D eigenvalue weighted by atomic mass is 32.1. The molecule has 3 heterocycles. The summed E-state index contributed by atoms with van der Waals surface area (Å²) < 4.78 is 0. The van der Waals surface area contributed by atoms with Crippen molar-refractivity contribution < 1.29 is 0 Å². The molecule has 1 aliphatic rings. The number of hydrogen-bond donors (Lipinski definition) is 1. The molecular weight excluding hydrogens is 344 g/mol. The summed E-state index contributed by atoms with van der Waals surface area (Å²) in [4.78, 5) is 20.0. The molecule has 1 aromatic carbocycles. The van der Waals surface area contributed by atoms with E-state index >= 15 is 0 Å². The molecule has 128 valence electrons. The first-order valence-electron chi connectivity index (χ1n) is 8.63. The van der Waals surface area contributed by atoms with Crippen LogP contribution in [0.5, 0.6) is 0 Å². The fraction of sp³-hybridized carbons (Fsp3) is 0.211. The van der Waals surface area contributed by atoms with Gasteiger partial charge in [-0.05, 0) is 48.9 Å². The van der Waals surface area contributed by atoms with E-state index in [1.54, 1.807) is 36.3 Å². The minimum absolute atomic E-state index is 0.784. The average molecular weight is 360 g/mol. The van der Waals surface area contributed by atoms with Gasteiger partial charge in [-0.15, -0.1) is 11.3 Å². The first-order valence-corrected chi connectivity index (χ1v) is 9.45. The molecule has 0 saturated heterocycles. The monoisotopic (exact) mass is 360 g/mol. The Morgan fingerprint density at radius 2 is 1.88 bits per heavy atom. The van der Waals surface area contributed by atoms with Crippen molar-refractivity contribution in [2.75, 3.05) is 5.43 Å². The number of anilines is 1.